The topological polar surface area (TPSA) is 15.3 Å². The first-order chi connectivity index (χ1) is 8.56. The molecule has 3 unspecified atom stereocenters. The summed E-state index contributed by atoms with van der Waals surface area (Å²) in [7, 11) is 4.46. The quantitative estimate of drug-likeness (QED) is 0.781. The molecule has 0 bridgehead atoms. The molecule has 0 spiro atoms. The zero-order valence-electron chi connectivity index (χ0n) is 12.8. The molecular formula is C16H32N2. The second-order valence-corrected chi connectivity index (χ2v) is 7.23. The minimum Gasteiger partial charge on any atom is -0.319 e. The normalized spacial score (nSPS) is 34.8. The summed E-state index contributed by atoms with van der Waals surface area (Å²) in [4.78, 5) is 2.65. The van der Waals surface area contributed by atoms with Gasteiger partial charge in [0.15, 0.2) is 0 Å². The Bertz CT molecular complexity index is 258. The van der Waals surface area contributed by atoms with Gasteiger partial charge in [-0.05, 0) is 64.0 Å². The van der Waals surface area contributed by atoms with Gasteiger partial charge in [-0.2, -0.15) is 0 Å². The summed E-state index contributed by atoms with van der Waals surface area (Å²) in [6.07, 6.45) is 8.61. The van der Waals surface area contributed by atoms with Crippen molar-refractivity contribution < 1.29 is 0 Å². The van der Waals surface area contributed by atoms with Crippen LogP contribution in [0.15, 0.2) is 0 Å². The molecule has 2 nitrogen and oxygen atoms in total. The Kier molecular flexibility index (Phi) is 4.71. The highest BCUT2D eigenvalue weighted by Gasteiger charge is 2.38. The van der Waals surface area contributed by atoms with E-state index in [4.69, 9.17) is 0 Å². The Morgan fingerprint density at radius 3 is 2.61 bits per heavy atom. The van der Waals surface area contributed by atoms with Crippen molar-refractivity contribution in [3.8, 4) is 0 Å². The van der Waals surface area contributed by atoms with Crippen molar-refractivity contribution in [1.82, 2.24) is 10.2 Å². The minimum absolute atomic E-state index is 0.532. The fourth-order valence-corrected chi connectivity index (χ4v) is 4.12. The zero-order valence-corrected chi connectivity index (χ0v) is 12.8. The number of hydrogen-bond acceptors (Lipinski definition) is 2. The van der Waals surface area contributed by atoms with Gasteiger partial charge in [0.1, 0.15) is 0 Å². The largest absolute Gasteiger partial charge is 0.319 e. The number of nitrogens with one attached hydrogen (secondary N) is 1. The molecule has 18 heavy (non-hydrogen) atoms. The van der Waals surface area contributed by atoms with Gasteiger partial charge in [0, 0.05) is 19.1 Å². The van der Waals surface area contributed by atoms with E-state index in [0.29, 0.717) is 5.41 Å². The molecule has 0 radical (unpaired) electrons. The minimum atomic E-state index is 0.532. The third-order valence-corrected chi connectivity index (χ3v) is 5.32. The van der Waals surface area contributed by atoms with Gasteiger partial charge in [-0.15, -0.1) is 0 Å². The summed E-state index contributed by atoms with van der Waals surface area (Å²) in [6, 6.07) is 0.788. The SMILES string of the molecule is CNCC1(CN(C)C(C)C2CC2)CCCC(C)C1. The molecule has 0 heterocycles. The molecule has 1 N–H and O–H groups in total. The van der Waals surface area contributed by atoms with E-state index in [1.807, 2.05) is 0 Å². The second kappa shape index (κ2) is 5.92. The highest BCUT2D eigenvalue weighted by Crippen LogP contribution is 2.41. The van der Waals surface area contributed by atoms with Crippen LogP contribution in [0.1, 0.15) is 52.4 Å². The standard InChI is InChI=1S/C16H32N2/c1-13-6-5-9-16(10-13,11-17-3)12-18(4)14(2)15-7-8-15/h13-15,17H,5-12H2,1-4H3. The van der Waals surface area contributed by atoms with Crippen molar-refractivity contribution >= 4 is 0 Å². The van der Waals surface area contributed by atoms with Gasteiger partial charge < -0.3 is 10.2 Å². The molecule has 2 rings (SSSR count). The molecule has 2 aliphatic carbocycles. The maximum atomic E-state index is 3.46. The second-order valence-electron chi connectivity index (χ2n) is 7.23. The zero-order chi connectivity index (χ0) is 13.2. The molecule has 0 aliphatic heterocycles. The molecular weight excluding hydrogens is 220 g/mol. The van der Waals surface area contributed by atoms with Crippen LogP contribution in [-0.4, -0.2) is 38.1 Å². The molecule has 106 valence electrons. The van der Waals surface area contributed by atoms with E-state index in [9.17, 15) is 0 Å². The van der Waals surface area contributed by atoms with Crippen molar-refractivity contribution in [2.24, 2.45) is 17.3 Å². The first kappa shape index (κ1) is 14.3. The lowest BCUT2D eigenvalue weighted by molar-refractivity contribution is 0.0729. The van der Waals surface area contributed by atoms with Crippen LogP contribution in [0.2, 0.25) is 0 Å². The van der Waals surface area contributed by atoms with Gasteiger partial charge in [0.05, 0.1) is 0 Å². The van der Waals surface area contributed by atoms with Crippen molar-refractivity contribution in [1.29, 1.82) is 0 Å². The van der Waals surface area contributed by atoms with Crippen molar-refractivity contribution in [3.05, 3.63) is 0 Å². The van der Waals surface area contributed by atoms with E-state index in [1.54, 1.807) is 0 Å². The molecule has 0 aromatic rings. The Balaban J connectivity index is 1.95. The third-order valence-electron chi connectivity index (χ3n) is 5.32. The van der Waals surface area contributed by atoms with Gasteiger partial charge in [-0.1, -0.05) is 19.8 Å². The lowest BCUT2D eigenvalue weighted by Gasteiger charge is -2.44. The van der Waals surface area contributed by atoms with Gasteiger partial charge in [-0.25, -0.2) is 0 Å². The maximum absolute atomic E-state index is 3.46. The highest BCUT2D eigenvalue weighted by molar-refractivity contribution is 4.92. The summed E-state index contributed by atoms with van der Waals surface area (Å²) in [5.41, 5.74) is 0.532. The van der Waals surface area contributed by atoms with Crippen LogP contribution < -0.4 is 5.32 Å². The van der Waals surface area contributed by atoms with Gasteiger partial charge >= 0.3 is 0 Å². The molecule has 2 aliphatic rings. The highest BCUT2D eigenvalue weighted by atomic mass is 15.1. The lowest BCUT2D eigenvalue weighted by atomic mass is 9.69. The Morgan fingerprint density at radius 1 is 1.33 bits per heavy atom. The van der Waals surface area contributed by atoms with Crippen LogP contribution in [0.4, 0.5) is 0 Å². The number of nitrogens with zero attached hydrogens (tertiary/aromatic N) is 1. The van der Waals surface area contributed by atoms with Crippen LogP contribution in [0.5, 0.6) is 0 Å². The van der Waals surface area contributed by atoms with E-state index < -0.39 is 0 Å². The summed E-state index contributed by atoms with van der Waals surface area (Å²) in [5.74, 6) is 1.90. The molecule has 0 amide bonds. The van der Waals surface area contributed by atoms with Gasteiger partial charge in [0.25, 0.3) is 0 Å². The first-order valence-corrected chi connectivity index (χ1v) is 7.91. The van der Waals surface area contributed by atoms with E-state index in [0.717, 1.165) is 17.9 Å². The Labute approximate surface area is 114 Å². The monoisotopic (exact) mass is 252 g/mol. The van der Waals surface area contributed by atoms with E-state index >= 15 is 0 Å². The van der Waals surface area contributed by atoms with E-state index in [-0.39, 0.29) is 0 Å². The smallest absolute Gasteiger partial charge is 0.00923 e. The molecule has 2 heteroatoms. The van der Waals surface area contributed by atoms with Crippen molar-refractivity contribution in [2.45, 2.75) is 58.4 Å². The van der Waals surface area contributed by atoms with Crippen LogP contribution in [0.3, 0.4) is 0 Å². The van der Waals surface area contributed by atoms with Crippen molar-refractivity contribution in [2.75, 3.05) is 27.2 Å². The van der Waals surface area contributed by atoms with Crippen LogP contribution in [-0.2, 0) is 0 Å². The molecule has 3 atom stereocenters. The maximum Gasteiger partial charge on any atom is 0.00923 e. The molecule has 0 aromatic heterocycles. The summed E-state index contributed by atoms with van der Waals surface area (Å²) < 4.78 is 0. The fourth-order valence-electron chi connectivity index (χ4n) is 4.12. The predicted molar refractivity (Wildman–Crippen MR) is 78.8 cm³/mol. The fraction of sp³-hybridized carbons (Fsp3) is 1.00. The van der Waals surface area contributed by atoms with Crippen LogP contribution >= 0.6 is 0 Å². The number of rotatable bonds is 6. The van der Waals surface area contributed by atoms with E-state index in [1.165, 1.54) is 51.6 Å². The summed E-state index contributed by atoms with van der Waals surface area (Å²) in [5, 5.41) is 3.46. The number of hydrogen-bond donors (Lipinski definition) is 1. The predicted octanol–water partition coefficient (Wildman–Crippen LogP) is 3.13. The first-order valence-electron chi connectivity index (χ1n) is 7.91. The molecule has 0 aromatic carbocycles. The average Bonchev–Trinajstić information content (AvgIpc) is 3.11. The Hall–Kier alpha value is -0.0800. The van der Waals surface area contributed by atoms with Crippen LogP contribution in [0, 0.1) is 17.3 Å². The van der Waals surface area contributed by atoms with Gasteiger partial charge in [-0.3, -0.25) is 0 Å². The van der Waals surface area contributed by atoms with Crippen LogP contribution in [0.25, 0.3) is 0 Å². The summed E-state index contributed by atoms with van der Waals surface area (Å²) >= 11 is 0. The molecule has 2 fully saturated rings. The average molecular weight is 252 g/mol. The third kappa shape index (κ3) is 3.48. The molecule has 0 saturated heterocycles. The van der Waals surface area contributed by atoms with E-state index in [2.05, 4.69) is 38.2 Å². The summed E-state index contributed by atoms with van der Waals surface area (Å²) in [6.45, 7) is 7.35. The lowest BCUT2D eigenvalue weighted by Crippen LogP contribution is -2.47. The van der Waals surface area contributed by atoms with Crippen molar-refractivity contribution in [3.63, 3.8) is 0 Å². The molecule has 2 saturated carbocycles. The van der Waals surface area contributed by atoms with Gasteiger partial charge in [0.2, 0.25) is 0 Å². The Morgan fingerprint density at radius 2 is 2.06 bits per heavy atom.